The molecule has 1 unspecified atom stereocenters. The maximum absolute atomic E-state index is 12.2. The average Bonchev–Trinajstić information content (AvgIpc) is 3.14. The monoisotopic (exact) mass is 328 g/mol. The molecular weight excluding hydrogens is 308 g/mol. The molecule has 1 aliphatic heterocycles. The van der Waals surface area contributed by atoms with Crippen LogP contribution in [-0.2, 0) is 4.74 Å². The summed E-state index contributed by atoms with van der Waals surface area (Å²) in [5, 5.41) is 5.98. The summed E-state index contributed by atoms with van der Waals surface area (Å²) in [6, 6.07) is 9.06. The fourth-order valence-corrected chi connectivity index (χ4v) is 2.47. The third-order valence-corrected chi connectivity index (χ3v) is 3.78. The van der Waals surface area contributed by atoms with Gasteiger partial charge in [0.2, 0.25) is 0 Å². The van der Waals surface area contributed by atoms with Crippen molar-refractivity contribution in [3.8, 4) is 5.75 Å². The first-order chi connectivity index (χ1) is 11.7. The first-order valence-corrected chi connectivity index (χ1v) is 7.87. The van der Waals surface area contributed by atoms with Crippen LogP contribution in [0.25, 0.3) is 0 Å². The van der Waals surface area contributed by atoms with Crippen LogP contribution in [0.4, 0.5) is 11.5 Å². The van der Waals surface area contributed by atoms with Crippen LogP contribution in [0.2, 0.25) is 0 Å². The Morgan fingerprint density at radius 1 is 1.33 bits per heavy atom. The van der Waals surface area contributed by atoms with E-state index in [2.05, 4.69) is 20.6 Å². The number of ether oxygens (including phenoxy) is 2. The maximum atomic E-state index is 12.2. The van der Waals surface area contributed by atoms with Crippen molar-refractivity contribution < 1.29 is 14.3 Å². The number of hydrogen-bond donors (Lipinski definition) is 2. The molecule has 2 aromatic rings. The molecule has 1 aliphatic rings. The number of carbonyl (C=O) groups is 1. The van der Waals surface area contributed by atoms with Crippen molar-refractivity contribution in [1.82, 2.24) is 15.3 Å². The predicted octanol–water partition coefficient (Wildman–Crippen LogP) is 2.14. The molecule has 0 aliphatic carbocycles. The summed E-state index contributed by atoms with van der Waals surface area (Å²) in [5.41, 5.74) is 1.17. The van der Waals surface area contributed by atoms with E-state index in [1.54, 1.807) is 13.2 Å². The van der Waals surface area contributed by atoms with E-state index in [9.17, 15) is 4.79 Å². The van der Waals surface area contributed by atoms with Gasteiger partial charge in [0.05, 0.1) is 13.2 Å². The second kappa shape index (κ2) is 7.74. The van der Waals surface area contributed by atoms with Gasteiger partial charge in [-0.05, 0) is 37.1 Å². The first kappa shape index (κ1) is 16.2. The van der Waals surface area contributed by atoms with Crippen molar-refractivity contribution in [2.45, 2.75) is 18.9 Å². The van der Waals surface area contributed by atoms with E-state index in [1.807, 2.05) is 24.3 Å². The van der Waals surface area contributed by atoms with E-state index in [0.717, 1.165) is 30.9 Å². The van der Waals surface area contributed by atoms with Gasteiger partial charge in [-0.2, -0.15) is 0 Å². The Balaban J connectivity index is 1.60. The molecule has 1 aromatic carbocycles. The standard InChI is InChI=1S/C17H20N4O3/c1-23-13-6-4-12(5-7-13)21-16-9-15(19-11-20-16)17(22)18-10-14-3-2-8-24-14/h4-7,9,11,14H,2-3,8,10H2,1H3,(H,18,22)(H,19,20,21). The molecule has 7 nitrogen and oxygen atoms in total. The van der Waals surface area contributed by atoms with Crippen LogP contribution < -0.4 is 15.4 Å². The van der Waals surface area contributed by atoms with Crippen LogP contribution in [0, 0.1) is 0 Å². The number of amides is 1. The number of rotatable bonds is 6. The number of nitrogens with zero attached hydrogens (tertiary/aromatic N) is 2. The van der Waals surface area contributed by atoms with E-state index in [1.165, 1.54) is 6.33 Å². The number of carbonyl (C=O) groups excluding carboxylic acids is 1. The van der Waals surface area contributed by atoms with Crippen LogP contribution in [0.15, 0.2) is 36.7 Å². The van der Waals surface area contributed by atoms with Crippen LogP contribution in [0.1, 0.15) is 23.3 Å². The van der Waals surface area contributed by atoms with E-state index >= 15 is 0 Å². The molecule has 1 amide bonds. The zero-order valence-corrected chi connectivity index (χ0v) is 13.5. The van der Waals surface area contributed by atoms with Crippen LogP contribution >= 0.6 is 0 Å². The Hall–Kier alpha value is -2.67. The summed E-state index contributed by atoms with van der Waals surface area (Å²) in [4.78, 5) is 20.4. The van der Waals surface area contributed by atoms with Gasteiger partial charge in [-0.3, -0.25) is 4.79 Å². The lowest BCUT2D eigenvalue weighted by Gasteiger charge is -2.11. The lowest BCUT2D eigenvalue weighted by molar-refractivity contribution is 0.0853. The van der Waals surface area contributed by atoms with Gasteiger partial charge in [0.15, 0.2) is 0 Å². The third kappa shape index (κ3) is 4.20. The molecule has 1 atom stereocenters. The Morgan fingerprint density at radius 3 is 2.88 bits per heavy atom. The molecule has 1 fully saturated rings. The summed E-state index contributed by atoms with van der Waals surface area (Å²) < 4.78 is 10.6. The molecule has 0 bridgehead atoms. The first-order valence-electron chi connectivity index (χ1n) is 7.87. The molecule has 2 heterocycles. The minimum absolute atomic E-state index is 0.104. The summed E-state index contributed by atoms with van der Waals surface area (Å²) in [7, 11) is 1.62. The second-order valence-corrected chi connectivity index (χ2v) is 5.49. The van der Waals surface area contributed by atoms with E-state index in [0.29, 0.717) is 18.1 Å². The Morgan fingerprint density at radius 2 is 2.17 bits per heavy atom. The van der Waals surface area contributed by atoms with Crippen molar-refractivity contribution in [2.24, 2.45) is 0 Å². The number of anilines is 2. The highest BCUT2D eigenvalue weighted by molar-refractivity contribution is 5.93. The molecule has 0 radical (unpaired) electrons. The zero-order valence-electron chi connectivity index (χ0n) is 13.5. The normalized spacial score (nSPS) is 16.6. The average molecular weight is 328 g/mol. The van der Waals surface area contributed by atoms with E-state index in [-0.39, 0.29) is 12.0 Å². The minimum atomic E-state index is -0.231. The second-order valence-electron chi connectivity index (χ2n) is 5.49. The van der Waals surface area contributed by atoms with Gasteiger partial charge in [-0.25, -0.2) is 9.97 Å². The van der Waals surface area contributed by atoms with Crippen molar-refractivity contribution >= 4 is 17.4 Å². The molecule has 24 heavy (non-hydrogen) atoms. The van der Waals surface area contributed by atoms with Gasteiger partial charge in [-0.1, -0.05) is 0 Å². The fourth-order valence-electron chi connectivity index (χ4n) is 2.47. The Bertz CT molecular complexity index is 684. The smallest absolute Gasteiger partial charge is 0.270 e. The molecule has 126 valence electrons. The number of methoxy groups -OCH3 is 1. The summed E-state index contributed by atoms with van der Waals surface area (Å²) in [5.74, 6) is 1.10. The van der Waals surface area contributed by atoms with Crippen molar-refractivity contribution in [3.05, 3.63) is 42.4 Å². The van der Waals surface area contributed by atoms with Gasteiger partial charge in [-0.15, -0.1) is 0 Å². The fraction of sp³-hybridized carbons (Fsp3) is 0.353. The van der Waals surface area contributed by atoms with Gasteiger partial charge in [0.1, 0.15) is 23.6 Å². The van der Waals surface area contributed by atoms with Gasteiger partial charge in [0, 0.05) is 24.9 Å². The number of nitrogens with one attached hydrogen (secondary N) is 2. The zero-order chi connectivity index (χ0) is 16.8. The Labute approximate surface area is 140 Å². The van der Waals surface area contributed by atoms with Gasteiger partial charge in [0.25, 0.3) is 5.91 Å². The van der Waals surface area contributed by atoms with Crippen LogP contribution in [-0.4, -0.2) is 42.2 Å². The number of hydrogen-bond acceptors (Lipinski definition) is 6. The molecule has 0 spiro atoms. The van der Waals surface area contributed by atoms with Crippen molar-refractivity contribution in [3.63, 3.8) is 0 Å². The van der Waals surface area contributed by atoms with E-state index < -0.39 is 0 Å². The van der Waals surface area contributed by atoms with E-state index in [4.69, 9.17) is 9.47 Å². The number of aromatic nitrogens is 2. The van der Waals surface area contributed by atoms with Crippen LogP contribution in [0.3, 0.4) is 0 Å². The van der Waals surface area contributed by atoms with Crippen LogP contribution in [0.5, 0.6) is 5.75 Å². The van der Waals surface area contributed by atoms with Gasteiger partial charge < -0.3 is 20.1 Å². The van der Waals surface area contributed by atoms with Crippen molar-refractivity contribution in [1.29, 1.82) is 0 Å². The molecule has 2 N–H and O–H groups in total. The van der Waals surface area contributed by atoms with Crippen molar-refractivity contribution in [2.75, 3.05) is 25.6 Å². The molecular formula is C17H20N4O3. The molecule has 7 heteroatoms. The minimum Gasteiger partial charge on any atom is -0.497 e. The predicted molar refractivity (Wildman–Crippen MR) is 89.6 cm³/mol. The number of benzene rings is 1. The lowest BCUT2D eigenvalue weighted by atomic mass is 10.2. The maximum Gasteiger partial charge on any atom is 0.270 e. The molecule has 1 saturated heterocycles. The highest BCUT2D eigenvalue weighted by Gasteiger charge is 2.17. The summed E-state index contributed by atoms with van der Waals surface area (Å²) in [6.45, 7) is 1.27. The summed E-state index contributed by atoms with van der Waals surface area (Å²) >= 11 is 0. The lowest BCUT2D eigenvalue weighted by Crippen LogP contribution is -2.32. The topological polar surface area (TPSA) is 85.4 Å². The largest absolute Gasteiger partial charge is 0.497 e. The highest BCUT2D eigenvalue weighted by Crippen LogP contribution is 2.18. The third-order valence-electron chi connectivity index (χ3n) is 3.78. The SMILES string of the molecule is COc1ccc(Nc2cc(C(=O)NCC3CCCO3)ncn2)cc1. The van der Waals surface area contributed by atoms with Gasteiger partial charge >= 0.3 is 0 Å². The molecule has 3 rings (SSSR count). The quantitative estimate of drug-likeness (QED) is 0.845. The highest BCUT2D eigenvalue weighted by atomic mass is 16.5. The Kier molecular flexibility index (Phi) is 5.22. The molecule has 0 saturated carbocycles. The summed E-state index contributed by atoms with van der Waals surface area (Å²) in [6.07, 6.45) is 3.50. The molecule has 1 aromatic heterocycles.